The lowest BCUT2D eigenvalue weighted by Gasteiger charge is -2.05. The van der Waals surface area contributed by atoms with Crippen LogP contribution in [0, 0.1) is 11.8 Å². The topological polar surface area (TPSA) is 84.2 Å². The van der Waals surface area contributed by atoms with Gasteiger partial charge in [-0.1, -0.05) is 11.8 Å². The Morgan fingerprint density at radius 1 is 1.55 bits per heavy atom. The van der Waals surface area contributed by atoms with Gasteiger partial charge in [0.15, 0.2) is 5.03 Å². The maximum atomic E-state index is 12.0. The molecule has 0 saturated carbocycles. The molecule has 0 spiro atoms. The summed E-state index contributed by atoms with van der Waals surface area (Å²) in [7, 11) is -2.00. The summed E-state index contributed by atoms with van der Waals surface area (Å²) in [6.07, 6.45) is 1.43. The molecule has 0 unspecified atom stereocenters. The quantitative estimate of drug-likeness (QED) is 0.796. The molecule has 2 aromatic rings. The van der Waals surface area contributed by atoms with Crippen molar-refractivity contribution in [2.24, 2.45) is 7.05 Å². The number of sulfonamides is 1. The minimum absolute atomic E-state index is 0.120. The Bertz CT molecular complexity index is 750. The summed E-state index contributed by atoms with van der Waals surface area (Å²) in [6.45, 7) is -0.00269. The van der Waals surface area contributed by atoms with E-state index in [2.05, 4.69) is 21.7 Å². The first kappa shape index (κ1) is 14.7. The highest BCUT2D eigenvalue weighted by Gasteiger charge is 2.17. The van der Waals surface area contributed by atoms with E-state index >= 15 is 0 Å². The van der Waals surface area contributed by atoms with Crippen LogP contribution >= 0.6 is 11.3 Å². The van der Waals surface area contributed by atoms with Gasteiger partial charge in [-0.05, 0) is 12.1 Å². The van der Waals surface area contributed by atoms with Crippen molar-refractivity contribution in [1.82, 2.24) is 14.5 Å². The normalized spacial score (nSPS) is 11.1. The summed E-state index contributed by atoms with van der Waals surface area (Å²) >= 11 is 1.41. The smallest absolute Gasteiger partial charge is 0.258 e. The number of aliphatic hydroxyl groups is 1. The maximum Gasteiger partial charge on any atom is 0.258 e. The van der Waals surface area contributed by atoms with Gasteiger partial charge in [-0.15, -0.1) is 11.3 Å². The number of thiophene rings is 1. The lowest BCUT2D eigenvalue weighted by molar-refractivity contribution is 0.350. The molecule has 0 amide bonds. The number of hydrogen-bond donors (Lipinski definition) is 2. The van der Waals surface area contributed by atoms with Gasteiger partial charge in [0.2, 0.25) is 0 Å². The van der Waals surface area contributed by atoms with Crippen LogP contribution in [0.25, 0.3) is 0 Å². The van der Waals surface area contributed by atoms with Gasteiger partial charge in [0.05, 0.1) is 6.20 Å². The third-order valence-electron chi connectivity index (χ3n) is 2.45. The van der Waals surface area contributed by atoms with Crippen LogP contribution in [0.2, 0.25) is 0 Å². The van der Waals surface area contributed by atoms with Gasteiger partial charge in [0.25, 0.3) is 10.0 Å². The van der Waals surface area contributed by atoms with E-state index in [9.17, 15) is 8.42 Å². The number of aromatic nitrogens is 2. The summed E-state index contributed by atoms with van der Waals surface area (Å²) in [5.41, 5.74) is 0.763. The second-order valence-electron chi connectivity index (χ2n) is 3.88. The third kappa shape index (κ3) is 3.46. The molecule has 0 aliphatic rings. The summed E-state index contributed by atoms with van der Waals surface area (Å²) in [5, 5.41) is 14.4. The minimum atomic E-state index is -3.57. The van der Waals surface area contributed by atoms with E-state index in [1.54, 1.807) is 13.1 Å². The highest BCUT2D eigenvalue weighted by molar-refractivity contribution is 7.89. The van der Waals surface area contributed by atoms with Crippen molar-refractivity contribution in [2.45, 2.75) is 11.6 Å². The number of hydrogen-bond acceptors (Lipinski definition) is 5. The predicted molar refractivity (Wildman–Crippen MR) is 75.5 cm³/mol. The molecule has 20 heavy (non-hydrogen) atoms. The van der Waals surface area contributed by atoms with Crippen LogP contribution in [0.1, 0.15) is 10.4 Å². The lowest BCUT2D eigenvalue weighted by Crippen LogP contribution is -2.24. The van der Waals surface area contributed by atoms with Gasteiger partial charge in [-0.25, -0.2) is 13.1 Å². The van der Waals surface area contributed by atoms with E-state index in [1.165, 1.54) is 28.3 Å². The fraction of sp³-hybridized carbons (Fsp3) is 0.250. The Balaban J connectivity index is 2.05. The first-order valence-electron chi connectivity index (χ1n) is 5.68. The Morgan fingerprint density at radius 3 is 3.00 bits per heavy atom. The summed E-state index contributed by atoms with van der Waals surface area (Å²) < 4.78 is 27.9. The van der Waals surface area contributed by atoms with Gasteiger partial charge in [-0.3, -0.25) is 4.68 Å². The van der Waals surface area contributed by atoms with E-state index < -0.39 is 10.0 Å². The van der Waals surface area contributed by atoms with Crippen molar-refractivity contribution in [3.05, 3.63) is 34.2 Å². The first-order valence-corrected chi connectivity index (χ1v) is 8.04. The van der Waals surface area contributed by atoms with Gasteiger partial charge < -0.3 is 5.11 Å². The molecule has 2 N–H and O–H groups in total. The van der Waals surface area contributed by atoms with Crippen LogP contribution in [0.15, 0.2) is 28.7 Å². The molecule has 0 fully saturated rings. The average Bonchev–Trinajstić information content (AvgIpc) is 3.03. The second kappa shape index (κ2) is 6.19. The summed E-state index contributed by atoms with van der Waals surface area (Å²) in [6, 6.07) is 3.23. The van der Waals surface area contributed by atoms with E-state index in [0.29, 0.717) is 0 Å². The van der Waals surface area contributed by atoms with E-state index in [-0.39, 0.29) is 18.2 Å². The second-order valence-corrected chi connectivity index (χ2v) is 6.59. The molecule has 0 aliphatic carbocycles. The van der Waals surface area contributed by atoms with Crippen molar-refractivity contribution < 1.29 is 13.5 Å². The van der Waals surface area contributed by atoms with Gasteiger partial charge in [0.1, 0.15) is 6.61 Å². The number of nitrogens with one attached hydrogen (secondary N) is 1. The molecule has 2 aromatic heterocycles. The Morgan fingerprint density at radius 2 is 2.35 bits per heavy atom. The standard InChI is InChI=1S/C12H13N3O3S2/c1-15-12(4-5-13-15)20(17,18)14-8-11-7-10(9-19-11)3-2-6-16/h4-5,7,9,14,16H,6,8H2,1H3. The van der Waals surface area contributed by atoms with E-state index in [4.69, 9.17) is 5.11 Å². The highest BCUT2D eigenvalue weighted by Crippen LogP contribution is 2.15. The summed E-state index contributed by atoms with van der Waals surface area (Å²) in [4.78, 5) is 0.845. The van der Waals surface area contributed by atoms with Gasteiger partial charge in [0, 0.05) is 29.4 Å². The van der Waals surface area contributed by atoms with Crippen LogP contribution in [0.3, 0.4) is 0 Å². The molecule has 2 rings (SSSR count). The molecule has 6 nitrogen and oxygen atoms in total. The van der Waals surface area contributed by atoms with Crippen molar-refractivity contribution >= 4 is 21.4 Å². The molecule has 2 heterocycles. The van der Waals surface area contributed by atoms with Crippen molar-refractivity contribution in [3.8, 4) is 11.8 Å². The van der Waals surface area contributed by atoms with Crippen LogP contribution in [-0.4, -0.2) is 29.9 Å². The molecule has 0 radical (unpaired) electrons. The molecule has 0 aliphatic heterocycles. The fourth-order valence-corrected chi connectivity index (χ4v) is 3.52. The van der Waals surface area contributed by atoms with Gasteiger partial charge >= 0.3 is 0 Å². The molecule has 106 valence electrons. The number of aliphatic hydroxyl groups excluding tert-OH is 1. The molecule has 0 atom stereocenters. The van der Waals surface area contributed by atoms with Crippen LogP contribution in [-0.2, 0) is 23.6 Å². The monoisotopic (exact) mass is 311 g/mol. The molecule has 0 saturated heterocycles. The number of nitrogens with zero attached hydrogens (tertiary/aromatic N) is 2. The minimum Gasteiger partial charge on any atom is -0.384 e. The van der Waals surface area contributed by atoms with E-state index in [1.807, 2.05) is 5.38 Å². The van der Waals surface area contributed by atoms with Crippen molar-refractivity contribution in [3.63, 3.8) is 0 Å². The molecular formula is C12H13N3O3S2. The largest absolute Gasteiger partial charge is 0.384 e. The average molecular weight is 311 g/mol. The third-order valence-corrected chi connectivity index (χ3v) is 4.87. The Hall–Kier alpha value is -1.66. The van der Waals surface area contributed by atoms with Crippen molar-refractivity contribution in [2.75, 3.05) is 6.61 Å². The summed E-state index contributed by atoms with van der Waals surface area (Å²) in [5.74, 6) is 5.31. The van der Waals surface area contributed by atoms with Gasteiger partial charge in [-0.2, -0.15) is 5.10 Å². The maximum absolute atomic E-state index is 12.0. The van der Waals surface area contributed by atoms with Crippen LogP contribution in [0.4, 0.5) is 0 Å². The first-order chi connectivity index (χ1) is 9.53. The SMILES string of the molecule is Cn1nccc1S(=O)(=O)NCc1cc(C#CCO)cs1. The zero-order valence-electron chi connectivity index (χ0n) is 10.7. The molecular weight excluding hydrogens is 298 g/mol. The lowest BCUT2D eigenvalue weighted by atomic mass is 10.3. The fourth-order valence-electron chi connectivity index (χ4n) is 1.55. The molecule has 0 bridgehead atoms. The number of aryl methyl sites for hydroxylation is 1. The highest BCUT2D eigenvalue weighted by atomic mass is 32.2. The molecule has 0 aromatic carbocycles. The van der Waals surface area contributed by atoms with Crippen LogP contribution in [0.5, 0.6) is 0 Å². The van der Waals surface area contributed by atoms with Crippen molar-refractivity contribution in [1.29, 1.82) is 0 Å². The number of rotatable bonds is 4. The molecule has 8 heteroatoms. The predicted octanol–water partition coefficient (Wildman–Crippen LogP) is 0.304. The zero-order valence-corrected chi connectivity index (χ0v) is 12.3. The Kier molecular flexibility index (Phi) is 4.57. The zero-order chi connectivity index (χ0) is 14.6. The Labute approximate surface area is 121 Å². The van der Waals surface area contributed by atoms with Crippen LogP contribution < -0.4 is 4.72 Å². The van der Waals surface area contributed by atoms with E-state index in [0.717, 1.165) is 10.4 Å².